The summed E-state index contributed by atoms with van der Waals surface area (Å²) in [6.45, 7) is 4.04. The molecule has 5 nitrogen and oxygen atoms in total. The van der Waals surface area contributed by atoms with Gasteiger partial charge in [-0.2, -0.15) is 0 Å². The number of likely N-dealkylation sites (tertiary alicyclic amines) is 1. The number of anilines is 1. The standard InChI is InChI=1S/C15H18ClN3O2/c1-9(20)18-11-2-3-13(16)12(6-11)15(21)19-5-4-10-7-17-8-14(10)19/h2-3,6,10,14,17H,4-5,7-8H2,1H3,(H,18,20)/t10-,14+/m1/s1. The van der Waals surface area contributed by atoms with E-state index < -0.39 is 0 Å². The fourth-order valence-electron chi connectivity index (χ4n) is 3.23. The summed E-state index contributed by atoms with van der Waals surface area (Å²) >= 11 is 6.17. The minimum Gasteiger partial charge on any atom is -0.334 e. The average Bonchev–Trinajstić information content (AvgIpc) is 3.02. The summed E-state index contributed by atoms with van der Waals surface area (Å²) in [6.07, 6.45) is 1.03. The third kappa shape index (κ3) is 2.76. The Balaban J connectivity index is 1.85. The number of fused-ring (bicyclic) bond motifs is 1. The van der Waals surface area contributed by atoms with Crippen LogP contribution in [0.5, 0.6) is 0 Å². The molecule has 2 aliphatic heterocycles. The van der Waals surface area contributed by atoms with Crippen molar-refractivity contribution in [3.63, 3.8) is 0 Å². The predicted octanol–water partition coefficient (Wildman–Crippen LogP) is 1.73. The Kier molecular flexibility index (Phi) is 3.87. The van der Waals surface area contributed by atoms with Gasteiger partial charge in [-0.25, -0.2) is 0 Å². The van der Waals surface area contributed by atoms with Crippen LogP contribution in [0.15, 0.2) is 18.2 Å². The number of carbonyl (C=O) groups excluding carboxylic acids is 2. The molecule has 0 spiro atoms. The van der Waals surface area contributed by atoms with E-state index in [4.69, 9.17) is 11.6 Å². The molecular formula is C15H18ClN3O2. The van der Waals surface area contributed by atoms with Gasteiger partial charge >= 0.3 is 0 Å². The molecule has 2 amide bonds. The summed E-state index contributed by atoms with van der Waals surface area (Å²) in [5.74, 6) is 0.326. The van der Waals surface area contributed by atoms with Crippen molar-refractivity contribution >= 4 is 29.1 Å². The zero-order valence-electron chi connectivity index (χ0n) is 11.9. The van der Waals surface area contributed by atoms with Gasteiger partial charge in [-0.3, -0.25) is 9.59 Å². The molecule has 1 aromatic carbocycles. The van der Waals surface area contributed by atoms with Crippen LogP contribution in [-0.4, -0.2) is 42.4 Å². The summed E-state index contributed by atoms with van der Waals surface area (Å²) < 4.78 is 0. The summed E-state index contributed by atoms with van der Waals surface area (Å²) in [5.41, 5.74) is 1.05. The summed E-state index contributed by atoms with van der Waals surface area (Å²) in [4.78, 5) is 25.8. The van der Waals surface area contributed by atoms with Crippen LogP contribution >= 0.6 is 11.6 Å². The molecule has 2 fully saturated rings. The quantitative estimate of drug-likeness (QED) is 0.875. The van der Waals surface area contributed by atoms with Gasteiger partial charge in [-0.05, 0) is 30.5 Å². The van der Waals surface area contributed by atoms with Gasteiger partial charge in [0.2, 0.25) is 5.91 Å². The van der Waals surface area contributed by atoms with Crippen LogP contribution in [0.3, 0.4) is 0 Å². The number of hydrogen-bond acceptors (Lipinski definition) is 3. The lowest BCUT2D eigenvalue weighted by atomic mass is 10.0. The Morgan fingerprint density at radius 2 is 2.19 bits per heavy atom. The number of rotatable bonds is 2. The van der Waals surface area contributed by atoms with Gasteiger partial charge in [-0.15, -0.1) is 0 Å². The molecule has 0 bridgehead atoms. The fourth-order valence-corrected chi connectivity index (χ4v) is 3.42. The molecule has 3 rings (SSSR count). The molecule has 2 aliphatic rings. The van der Waals surface area contributed by atoms with E-state index >= 15 is 0 Å². The lowest BCUT2D eigenvalue weighted by molar-refractivity contribution is -0.114. The van der Waals surface area contributed by atoms with E-state index in [1.54, 1.807) is 18.2 Å². The monoisotopic (exact) mass is 307 g/mol. The molecule has 1 aromatic rings. The second kappa shape index (κ2) is 5.66. The zero-order valence-corrected chi connectivity index (χ0v) is 12.6. The molecule has 2 N–H and O–H groups in total. The molecule has 21 heavy (non-hydrogen) atoms. The third-order valence-corrected chi connectivity index (χ3v) is 4.55. The Morgan fingerprint density at radius 1 is 1.38 bits per heavy atom. The van der Waals surface area contributed by atoms with Crippen molar-refractivity contribution in [1.82, 2.24) is 10.2 Å². The van der Waals surface area contributed by atoms with Crippen molar-refractivity contribution in [2.45, 2.75) is 19.4 Å². The highest BCUT2D eigenvalue weighted by Gasteiger charge is 2.40. The number of hydrogen-bond donors (Lipinski definition) is 2. The molecule has 2 saturated heterocycles. The number of nitrogens with one attached hydrogen (secondary N) is 2. The van der Waals surface area contributed by atoms with Crippen molar-refractivity contribution in [3.05, 3.63) is 28.8 Å². The van der Waals surface area contributed by atoms with Crippen LogP contribution in [0.25, 0.3) is 0 Å². The van der Waals surface area contributed by atoms with E-state index in [0.29, 0.717) is 22.2 Å². The van der Waals surface area contributed by atoms with E-state index in [1.165, 1.54) is 6.92 Å². The van der Waals surface area contributed by atoms with Crippen molar-refractivity contribution in [1.29, 1.82) is 0 Å². The number of benzene rings is 1. The van der Waals surface area contributed by atoms with Crippen LogP contribution in [0.1, 0.15) is 23.7 Å². The first-order valence-electron chi connectivity index (χ1n) is 7.15. The van der Waals surface area contributed by atoms with E-state index in [-0.39, 0.29) is 17.9 Å². The highest BCUT2D eigenvalue weighted by Crippen LogP contribution is 2.30. The topological polar surface area (TPSA) is 61.4 Å². The molecule has 2 atom stereocenters. The summed E-state index contributed by atoms with van der Waals surface area (Å²) in [6, 6.07) is 5.27. The van der Waals surface area contributed by atoms with Crippen molar-refractivity contribution in [2.75, 3.05) is 25.0 Å². The minimum atomic E-state index is -0.169. The lowest BCUT2D eigenvalue weighted by Gasteiger charge is -2.24. The van der Waals surface area contributed by atoms with Crippen molar-refractivity contribution in [3.8, 4) is 0 Å². The second-order valence-corrected chi connectivity index (χ2v) is 6.06. The maximum absolute atomic E-state index is 12.7. The number of carbonyl (C=O) groups is 2. The third-order valence-electron chi connectivity index (χ3n) is 4.22. The van der Waals surface area contributed by atoms with Crippen LogP contribution in [0, 0.1) is 5.92 Å². The average molecular weight is 308 g/mol. The van der Waals surface area contributed by atoms with Gasteiger partial charge in [0.05, 0.1) is 10.6 Å². The van der Waals surface area contributed by atoms with Gasteiger partial charge in [0.15, 0.2) is 0 Å². The van der Waals surface area contributed by atoms with Gasteiger partial charge < -0.3 is 15.5 Å². The highest BCUT2D eigenvalue weighted by atomic mass is 35.5. The summed E-state index contributed by atoms with van der Waals surface area (Å²) in [5, 5.41) is 6.43. The first kappa shape index (κ1) is 14.4. The Labute approximate surface area is 128 Å². The maximum Gasteiger partial charge on any atom is 0.255 e. The largest absolute Gasteiger partial charge is 0.334 e. The first-order valence-corrected chi connectivity index (χ1v) is 7.53. The molecule has 2 heterocycles. The van der Waals surface area contributed by atoms with Gasteiger partial charge in [0.25, 0.3) is 5.91 Å². The number of amides is 2. The molecule has 0 aliphatic carbocycles. The van der Waals surface area contributed by atoms with E-state index in [2.05, 4.69) is 10.6 Å². The Hall–Kier alpha value is -1.59. The SMILES string of the molecule is CC(=O)Nc1ccc(Cl)c(C(=O)N2CC[C@@H]3CNC[C@@H]32)c1. The first-order chi connectivity index (χ1) is 10.1. The summed E-state index contributed by atoms with van der Waals surface area (Å²) in [7, 11) is 0. The van der Waals surface area contributed by atoms with Gasteiger partial charge in [-0.1, -0.05) is 11.6 Å². The van der Waals surface area contributed by atoms with Gasteiger partial charge in [0, 0.05) is 38.3 Å². The molecule has 0 saturated carbocycles. The molecule has 112 valence electrons. The molecule has 0 aromatic heterocycles. The number of nitrogens with zero attached hydrogens (tertiary/aromatic N) is 1. The van der Waals surface area contributed by atoms with Crippen LogP contribution in [0.4, 0.5) is 5.69 Å². The van der Waals surface area contributed by atoms with E-state index in [1.807, 2.05) is 4.90 Å². The normalized spacial score (nSPS) is 24.0. The Bertz CT molecular complexity index is 590. The van der Waals surface area contributed by atoms with Gasteiger partial charge in [0.1, 0.15) is 0 Å². The molecule has 6 heteroatoms. The molecule has 0 radical (unpaired) electrons. The fraction of sp³-hybridized carbons (Fsp3) is 0.467. The van der Waals surface area contributed by atoms with E-state index in [0.717, 1.165) is 26.1 Å². The van der Waals surface area contributed by atoms with Crippen molar-refractivity contribution < 1.29 is 9.59 Å². The van der Waals surface area contributed by atoms with Crippen LogP contribution in [0.2, 0.25) is 5.02 Å². The zero-order chi connectivity index (χ0) is 15.0. The second-order valence-electron chi connectivity index (χ2n) is 5.65. The van der Waals surface area contributed by atoms with Crippen LogP contribution < -0.4 is 10.6 Å². The molecular weight excluding hydrogens is 290 g/mol. The molecule has 0 unspecified atom stereocenters. The minimum absolute atomic E-state index is 0.0524. The van der Waals surface area contributed by atoms with Crippen LogP contribution in [-0.2, 0) is 4.79 Å². The number of halogens is 1. The smallest absolute Gasteiger partial charge is 0.255 e. The van der Waals surface area contributed by atoms with Crippen molar-refractivity contribution in [2.24, 2.45) is 5.92 Å². The maximum atomic E-state index is 12.7. The lowest BCUT2D eigenvalue weighted by Crippen LogP contribution is -2.39. The predicted molar refractivity (Wildman–Crippen MR) is 81.6 cm³/mol. The highest BCUT2D eigenvalue weighted by molar-refractivity contribution is 6.34. The van der Waals surface area contributed by atoms with E-state index in [9.17, 15) is 9.59 Å². The Morgan fingerprint density at radius 3 is 2.95 bits per heavy atom.